The van der Waals surface area contributed by atoms with Crippen molar-refractivity contribution in [2.75, 3.05) is 6.54 Å². The van der Waals surface area contributed by atoms with E-state index in [1.807, 2.05) is 72.8 Å². The molecule has 1 unspecified atom stereocenters. The number of rotatable bonds is 6. The lowest BCUT2D eigenvalue weighted by molar-refractivity contribution is -0.116. The maximum atomic E-state index is 11.9. The van der Waals surface area contributed by atoms with E-state index in [2.05, 4.69) is 5.32 Å². The lowest BCUT2D eigenvalue weighted by Crippen LogP contribution is -2.23. The Morgan fingerprint density at radius 2 is 1.68 bits per heavy atom. The van der Waals surface area contributed by atoms with E-state index in [-0.39, 0.29) is 5.91 Å². The van der Waals surface area contributed by atoms with Gasteiger partial charge in [-0.15, -0.1) is 0 Å². The first-order valence-corrected chi connectivity index (χ1v) is 8.41. The summed E-state index contributed by atoms with van der Waals surface area (Å²) in [4.78, 5) is 11.9. The second kappa shape index (κ2) is 8.27. The number of fused-ring (bicyclic) bond motifs is 1. The van der Waals surface area contributed by atoms with Crippen molar-refractivity contribution < 1.29 is 9.90 Å². The van der Waals surface area contributed by atoms with Crippen LogP contribution in [0, 0.1) is 0 Å². The predicted molar refractivity (Wildman–Crippen MR) is 102 cm³/mol. The van der Waals surface area contributed by atoms with Crippen LogP contribution in [-0.4, -0.2) is 17.6 Å². The maximum Gasteiger partial charge on any atom is 0.244 e. The van der Waals surface area contributed by atoms with Gasteiger partial charge in [0.2, 0.25) is 5.91 Å². The number of nitrogens with one attached hydrogen (secondary N) is 1. The van der Waals surface area contributed by atoms with Crippen LogP contribution in [0.5, 0.6) is 0 Å². The Bertz CT molecular complexity index is 866. The van der Waals surface area contributed by atoms with Crippen molar-refractivity contribution in [3.05, 3.63) is 90.0 Å². The van der Waals surface area contributed by atoms with Gasteiger partial charge in [-0.25, -0.2) is 0 Å². The molecular weight excluding hydrogens is 310 g/mol. The first-order valence-electron chi connectivity index (χ1n) is 8.41. The minimum Gasteiger partial charge on any atom is -0.388 e. The Hall–Kier alpha value is -2.91. The van der Waals surface area contributed by atoms with E-state index in [9.17, 15) is 9.90 Å². The van der Waals surface area contributed by atoms with Gasteiger partial charge < -0.3 is 10.4 Å². The largest absolute Gasteiger partial charge is 0.388 e. The number of hydrogen-bond acceptors (Lipinski definition) is 2. The van der Waals surface area contributed by atoms with Gasteiger partial charge in [-0.05, 0) is 34.4 Å². The van der Waals surface area contributed by atoms with E-state index >= 15 is 0 Å². The first kappa shape index (κ1) is 16.9. The third kappa shape index (κ3) is 4.55. The Labute approximate surface area is 147 Å². The van der Waals surface area contributed by atoms with E-state index in [0.29, 0.717) is 13.0 Å². The molecule has 2 N–H and O–H groups in total. The molecule has 0 spiro atoms. The summed E-state index contributed by atoms with van der Waals surface area (Å²) < 4.78 is 0. The fraction of sp³-hybridized carbons (Fsp3) is 0.136. The van der Waals surface area contributed by atoms with Gasteiger partial charge in [0.15, 0.2) is 0 Å². The number of benzene rings is 3. The molecule has 0 aliphatic heterocycles. The first-order chi connectivity index (χ1) is 12.2. The average Bonchev–Trinajstić information content (AvgIpc) is 2.66. The molecule has 0 heterocycles. The smallest absolute Gasteiger partial charge is 0.244 e. The highest BCUT2D eigenvalue weighted by molar-refractivity contribution is 5.91. The van der Waals surface area contributed by atoms with Gasteiger partial charge in [-0.1, -0.05) is 72.8 Å². The minimum absolute atomic E-state index is 0.158. The highest BCUT2D eigenvalue weighted by atomic mass is 16.3. The van der Waals surface area contributed by atoms with Gasteiger partial charge in [0, 0.05) is 12.6 Å². The van der Waals surface area contributed by atoms with Crippen LogP contribution in [0.2, 0.25) is 0 Å². The SMILES string of the molecule is O=C(/C=C/c1ccccc1)NCCC(O)c1cccc2ccccc12. The molecule has 1 amide bonds. The molecular formula is C22H21NO2. The molecule has 0 saturated heterocycles. The molecule has 3 aromatic carbocycles. The molecule has 3 nitrogen and oxygen atoms in total. The van der Waals surface area contributed by atoms with Crippen LogP contribution in [0.1, 0.15) is 23.7 Å². The molecule has 126 valence electrons. The quantitative estimate of drug-likeness (QED) is 0.668. The molecule has 0 bridgehead atoms. The van der Waals surface area contributed by atoms with Crippen LogP contribution in [0.3, 0.4) is 0 Å². The van der Waals surface area contributed by atoms with E-state index in [0.717, 1.165) is 21.9 Å². The number of carbonyl (C=O) groups excluding carboxylic acids is 1. The molecule has 3 heteroatoms. The summed E-state index contributed by atoms with van der Waals surface area (Å²) in [6.45, 7) is 0.419. The number of aliphatic hydroxyl groups excluding tert-OH is 1. The molecule has 0 aliphatic rings. The predicted octanol–water partition coefficient (Wildman–Crippen LogP) is 4.09. The van der Waals surface area contributed by atoms with Crippen LogP contribution in [0.15, 0.2) is 78.9 Å². The van der Waals surface area contributed by atoms with Crippen molar-refractivity contribution in [3.8, 4) is 0 Å². The molecule has 0 fully saturated rings. The number of hydrogen-bond donors (Lipinski definition) is 2. The topological polar surface area (TPSA) is 49.3 Å². The minimum atomic E-state index is -0.607. The second-order valence-electron chi connectivity index (χ2n) is 5.91. The summed E-state index contributed by atoms with van der Waals surface area (Å²) in [5.74, 6) is -0.158. The van der Waals surface area contributed by atoms with Crippen LogP contribution >= 0.6 is 0 Å². The highest BCUT2D eigenvalue weighted by Crippen LogP contribution is 2.25. The van der Waals surface area contributed by atoms with Crippen molar-refractivity contribution >= 4 is 22.8 Å². The van der Waals surface area contributed by atoms with Gasteiger partial charge >= 0.3 is 0 Å². The zero-order valence-electron chi connectivity index (χ0n) is 13.9. The summed E-state index contributed by atoms with van der Waals surface area (Å²) in [6.07, 6.45) is 3.15. The van der Waals surface area contributed by atoms with Crippen LogP contribution in [0.25, 0.3) is 16.8 Å². The number of aliphatic hydroxyl groups is 1. The van der Waals surface area contributed by atoms with Gasteiger partial charge in [0.25, 0.3) is 0 Å². The molecule has 0 saturated carbocycles. The zero-order chi connectivity index (χ0) is 17.5. The third-order valence-corrected chi connectivity index (χ3v) is 4.13. The molecule has 3 aromatic rings. The van der Waals surface area contributed by atoms with Crippen molar-refractivity contribution in [1.82, 2.24) is 5.32 Å². The molecule has 3 rings (SSSR count). The van der Waals surface area contributed by atoms with Crippen molar-refractivity contribution in [3.63, 3.8) is 0 Å². The summed E-state index contributed by atoms with van der Waals surface area (Å²) in [7, 11) is 0. The summed E-state index contributed by atoms with van der Waals surface area (Å²) in [5, 5.41) is 15.4. The zero-order valence-corrected chi connectivity index (χ0v) is 13.9. The Morgan fingerprint density at radius 1 is 0.960 bits per heavy atom. The van der Waals surface area contributed by atoms with Crippen molar-refractivity contribution in [2.24, 2.45) is 0 Å². The Balaban J connectivity index is 1.54. The van der Waals surface area contributed by atoms with Gasteiger partial charge in [-0.2, -0.15) is 0 Å². The molecule has 0 aliphatic carbocycles. The number of carbonyl (C=O) groups is 1. The van der Waals surface area contributed by atoms with Crippen molar-refractivity contribution in [2.45, 2.75) is 12.5 Å². The molecule has 0 radical (unpaired) electrons. The van der Waals surface area contributed by atoms with Gasteiger partial charge in [0.05, 0.1) is 6.10 Å². The highest BCUT2D eigenvalue weighted by Gasteiger charge is 2.11. The van der Waals surface area contributed by atoms with Crippen LogP contribution < -0.4 is 5.32 Å². The standard InChI is InChI=1S/C22H21NO2/c24-21(20-12-6-10-18-9-4-5-11-19(18)20)15-16-23-22(25)14-13-17-7-2-1-3-8-17/h1-14,21,24H,15-16H2,(H,23,25)/b14-13+. The van der Waals surface area contributed by atoms with Gasteiger partial charge in [0.1, 0.15) is 0 Å². The molecule has 0 aromatic heterocycles. The fourth-order valence-electron chi connectivity index (χ4n) is 2.82. The third-order valence-electron chi connectivity index (χ3n) is 4.13. The molecule has 1 atom stereocenters. The maximum absolute atomic E-state index is 11.9. The van der Waals surface area contributed by atoms with Gasteiger partial charge in [-0.3, -0.25) is 4.79 Å². The van der Waals surface area contributed by atoms with E-state index < -0.39 is 6.10 Å². The number of amides is 1. The normalized spacial score (nSPS) is 12.4. The molecule has 25 heavy (non-hydrogen) atoms. The summed E-state index contributed by atoms with van der Waals surface area (Å²) >= 11 is 0. The lowest BCUT2D eigenvalue weighted by atomic mass is 9.99. The van der Waals surface area contributed by atoms with Crippen molar-refractivity contribution in [1.29, 1.82) is 0 Å². The van der Waals surface area contributed by atoms with Crippen LogP contribution in [-0.2, 0) is 4.79 Å². The Kier molecular flexibility index (Phi) is 5.60. The summed E-state index contributed by atoms with van der Waals surface area (Å²) in [5.41, 5.74) is 1.88. The van der Waals surface area contributed by atoms with E-state index in [4.69, 9.17) is 0 Å². The Morgan fingerprint density at radius 3 is 2.52 bits per heavy atom. The fourth-order valence-corrected chi connectivity index (χ4v) is 2.82. The second-order valence-corrected chi connectivity index (χ2v) is 5.91. The monoisotopic (exact) mass is 331 g/mol. The summed E-state index contributed by atoms with van der Waals surface area (Å²) in [6, 6.07) is 23.6. The average molecular weight is 331 g/mol. The van der Waals surface area contributed by atoms with Crippen LogP contribution in [0.4, 0.5) is 0 Å². The lowest BCUT2D eigenvalue weighted by Gasteiger charge is -2.14. The van der Waals surface area contributed by atoms with E-state index in [1.54, 1.807) is 6.08 Å². The van der Waals surface area contributed by atoms with E-state index in [1.165, 1.54) is 6.08 Å².